The molecule has 0 bridgehead atoms. The van der Waals surface area contributed by atoms with Gasteiger partial charge in [0.05, 0.1) is 16.0 Å². The summed E-state index contributed by atoms with van der Waals surface area (Å²) >= 11 is 18.8. The quantitative estimate of drug-likeness (QED) is 0.298. The van der Waals surface area contributed by atoms with Crippen molar-refractivity contribution in [2.45, 2.75) is 0 Å². The third-order valence-electron chi connectivity index (χ3n) is 3.42. The van der Waals surface area contributed by atoms with Crippen LogP contribution in [-0.4, -0.2) is 22.2 Å². The van der Waals surface area contributed by atoms with Crippen molar-refractivity contribution in [2.75, 3.05) is 0 Å². The number of amidine groups is 1. The van der Waals surface area contributed by atoms with E-state index < -0.39 is 4.92 Å². The zero-order valence-electron chi connectivity index (χ0n) is 13.7. The Balaban J connectivity index is 1.75. The van der Waals surface area contributed by atoms with Gasteiger partial charge in [0.2, 0.25) is 0 Å². The number of thioether (sulfide) groups is 1. The predicted molar refractivity (Wildman–Crippen MR) is 113 cm³/mol. The fraction of sp³-hybridized carbons (Fsp3) is 0. The van der Waals surface area contributed by atoms with E-state index in [2.05, 4.69) is 15.5 Å². The highest BCUT2D eigenvalue weighted by Crippen LogP contribution is 2.30. The van der Waals surface area contributed by atoms with Crippen molar-refractivity contribution in [3.8, 4) is 0 Å². The first-order chi connectivity index (χ1) is 13.3. The molecule has 1 saturated heterocycles. The lowest BCUT2D eigenvalue weighted by Gasteiger charge is -1.99. The molecule has 0 spiro atoms. The topological polar surface area (TPSA) is 97.0 Å². The molecule has 7 nitrogen and oxygen atoms in total. The van der Waals surface area contributed by atoms with E-state index in [1.54, 1.807) is 30.3 Å². The Kier molecular flexibility index (Phi) is 6.35. The molecule has 1 fully saturated rings. The number of nitrogens with zero attached hydrogens (tertiary/aromatic N) is 3. The van der Waals surface area contributed by atoms with Crippen LogP contribution < -0.4 is 5.32 Å². The van der Waals surface area contributed by atoms with E-state index >= 15 is 0 Å². The normalized spacial score (nSPS) is 16.9. The Labute approximate surface area is 178 Å². The number of amides is 1. The number of nitro benzene ring substituents is 1. The van der Waals surface area contributed by atoms with Gasteiger partial charge in [-0.3, -0.25) is 20.2 Å². The molecule has 0 saturated carbocycles. The summed E-state index contributed by atoms with van der Waals surface area (Å²) in [4.78, 5) is 22.8. The van der Waals surface area contributed by atoms with Crippen LogP contribution in [0.1, 0.15) is 11.1 Å². The van der Waals surface area contributed by atoms with E-state index in [-0.39, 0.29) is 21.8 Å². The predicted octanol–water partition coefficient (Wildman–Crippen LogP) is 5.15. The van der Waals surface area contributed by atoms with Crippen molar-refractivity contribution >= 4 is 75.6 Å². The fourth-order valence-electron chi connectivity index (χ4n) is 2.13. The molecule has 28 heavy (non-hydrogen) atoms. The number of hydrogen-bond acceptors (Lipinski definition) is 6. The zero-order chi connectivity index (χ0) is 20.3. The largest absolute Gasteiger partial charge is 0.299 e. The molecule has 1 aliphatic rings. The molecule has 2 aromatic rings. The van der Waals surface area contributed by atoms with Gasteiger partial charge in [-0.05, 0) is 41.6 Å². The van der Waals surface area contributed by atoms with Crippen LogP contribution in [0.25, 0.3) is 6.08 Å². The van der Waals surface area contributed by atoms with Crippen LogP contribution in [0.15, 0.2) is 51.5 Å². The summed E-state index contributed by atoms with van der Waals surface area (Å²) < 4.78 is 0. The molecule has 1 aliphatic heterocycles. The molecular weight excluding hydrogens is 447 g/mol. The molecule has 3 rings (SSSR count). The first kappa shape index (κ1) is 20.3. The highest BCUT2D eigenvalue weighted by Gasteiger charge is 2.24. The number of carbonyl (C=O) groups is 1. The molecule has 0 atom stereocenters. The van der Waals surface area contributed by atoms with Gasteiger partial charge in [0.25, 0.3) is 11.6 Å². The summed E-state index contributed by atoms with van der Waals surface area (Å²) in [5, 5.41) is 22.4. The second kappa shape index (κ2) is 8.74. The number of hydrogen-bond donors (Lipinski definition) is 1. The third-order valence-corrected chi connectivity index (χ3v) is 5.20. The second-order valence-electron chi connectivity index (χ2n) is 5.35. The molecular formula is C17H9Cl3N4O3S. The number of carbonyl (C=O) groups excluding carboxylic acids is 1. The number of nitro groups is 1. The number of benzene rings is 2. The lowest BCUT2D eigenvalue weighted by atomic mass is 10.2. The third kappa shape index (κ3) is 4.90. The van der Waals surface area contributed by atoms with E-state index in [1.807, 2.05) is 0 Å². The van der Waals surface area contributed by atoms with Gasteiger partial charge in [-0.2, -0.15) is 5.10 Å². The summed E-state index contributed by atoms with van der Waals surface area (Å²) in [5.41, 5.74) is 0.854. The Morgan fingerprint density at radius 3 is 2.61 bits per heavy atom. The molecule has 142 valence electrons. The standard InChI is InChI=1S/C17H9Cl3N4O3S/c18-11-3-2-10(13(20)7-11)6-15-16(25)22-17(28-15)23-21-8-9-1-4-12(19)14(5-9)24(26)27/h1-8H,(H,22,23,25)/b15-6-,21-8-. The summed E-state index contributed by atoms with van der Waals surface area (Å²) in [6.45, 7) is 0. The average molecular weight is 456 g/mol. The molecule has 1 N–H and O–H groups in total. The number of nitrogens with one attached hydrogen (secondary N) is 1. The fourth-order valence-corrected chi connectivity index (χ4v) is 3.55. The van der Waals surface area contributed by atoms with Gasteiger partial charge >= 0.3 is 0 Å². The molecule has 1 amide bonds. The van der Waals surface area contributed by atoms with Crippen molar-refractivity contribution in [3.05, 3.63) is 77.6 Å². The van der Waals surface area contributed by atoms with Gasteiger partial charge in [0.15, 0.2) is 5.17 Å². The van der Waals surface area contributed by atoms with Crippen LogP contribution in [0.2, 0.25) is 15.1 Å². The van der Waals surface area contributed by atoms with Crippen LogP contribution in [0.5, 0.6) is 0 Å². The van der Waals surface area contributed by atoms with E-state index in [9.17, 15) is 14.9 Å². The molecule has 1 heterocycles. The van der Waals surface area contributed by atoms with E-state index in [4.69, 9.17) is 34.8 Å². The van der Waals surface area contributed by atoms with Crippen LogP contribution in [0.4, 0.5) is 5.69 Å². The van der Waals surface area contributed by atoms with Gasteiger partial charge in [-0.1, -0.05) is 46.9 Å². The highest BCUT2D eigenvalue weighted by atomic mass is 35.5. The average Bonchev–Trinajstić information content (AvgIpc) is 2.98. The van der Waals surface area contributed by atoms with Crippen LogP contribution in [-0.2, 0) is 4.79 Å². The molecule has 0 aliphatic carbocycles. The van der Waals surface area contributed by atoms with Crippen LogP contribution >= 0.6 is 46.6 Å². The first-order valence-electron chi connectivity index (χ1n) is 7.54. The lowest BCUT2D eigenvalue weighted by molar-refractivity contribution is -0.384. The van der Waals surface area contributed by atoms with Gasteiger partial charge in [0, 0.05) is 21.7 Å². The number of halogens is 3. The van der Waals surface area contributed by atoms with E-state index in [0.717, 1.165) is 11.8 Å². The maximum atomic E-state index is 12.1. The molecule has 2 aromatic carbocycles. The van der Waals surface area contributed by atoms with E-state index in [0.29, 0.717) is 26.1 Å². The van der Waals surface area contributed by atoms with Gasteiger partial charge in [-0.15, -0.1) is 5.10 Å². The highest BCUT2D eigenvalue weighted by molar-refractivity contribution is 8.18. The van der Waals surface area contributed by atoms with Crippen molar-refractivity contribution in [3.63, 3.8) is 0 Å². The first-order valence-corrected chi connectivity index (χ1v) is 9.49. The SMILES string of the molecule is O=C1N/C(=N/N=C\c2ccc(Cl)c([N+](=O)[O-])c2)S/C1=C\c1ccc(Cl)cc1Cl. The smallest absolute Gasteiger partial charge is 0.288 e. The van der Waals surface area contributed by atoms with Crippen molar-refractivity contribution in [2.24, 2.45) is 10.2 Å². The summed E-state index contributed by atoms with van der Waals surface area (Å²) in [6.07, 6.45) is 2.94. The summed E-state index contributed by atoms with van der Waals surface area (Å²) in [5.74, 6) is -0.341. The van der Waals surface area contributed by atoms with Crippen molar-refractivity contribution < 1.29 is 9.72 Å². The molecule has 11 heteroatoms. The van der Waals surface area contributed by atoms with Crippen LogP contribution in [0, 0.1) is 10.1 Å². The Morgan fingerprint density at radius 1 is 1.11 bits per heavy atom. The minimum Gasteiger partial charge on any atom is -0.299 e. The van der Waals surface area contributed by atoms with E-state index in [1.165, 1.54) is 18.3 Å². The Morgan fingerprint density at radius 2 is 1.89 bits per heavy atom. The van der Waals surface area contributed by atoms with Crippen molar-refractivity contribution in [1.29, 1.82) is 0 Å². The maximum absolute atomic E-state index is 12.1. The van der Waals surface area contributed by atoms with Gasteiger partial charge < -0.3 is 0 Å². The number of rotatable bonds is 4. The second-order valence-corrected chi connectivity index (χ2v) is 7.63. The minimum absolute atomic E-state index is 0.0303. The van der Waals surface area contributed by atoms with Crippen molar-refractivity contribution in [1.82, 2.24) is 5.32 Å². The Hall–Kier alpha value is -2.39. The van der Waals surface area contributed by atoms with Crippen LogP contribution in [0.3, 0.4) is 0 Å². The molecule has 0 unspecified atom stereocenters. The Bertz CT molecular complexity index is 1070. The maximum Gasteiger partial charge on any atom is 0.288 e. The minimum atomic E-state index is -0.586. The summed E-state index contributed by atoms with van der Waals surface area (Å²) in [7, 11) is 0. The molecule has 0 aromatic heterocycles. The molecule has 0 radical (unpaired) electrons. The monoisotopic (exact) mass is 454 g/mol. The zero-order valence-corrected chi connectivity index (χ0v) is 16.8. The van der Waals surface area contributed by atoms with Gasteiger partial charge in [0.1, 0.15) is 5.02 Å². The lowest BCUT2D eigenvalue weighted by Crippen LogP contribution is -2.19. The van der Waals surface area contributed by atoms with Gasteiger partial charge in [-0.25, -0.2) is 0 Å². The summed E-state index contributed by atoms with van der Waals surface area (Å²) in [6, 6.07) is 9.19.